The molecule has 1 saturated heterocycles. The molecule has 1 aliphatic rings. The van der Waals surface area contributed by atoms with E-state index >= 15 is 0 Å². The van der Waals surface area contributed by atoms with Gasteiger partial charge in [-0.1, -0.05) is 29.8 Å². The van der Waals surface area contributed by atoms with Crippen LogP contribution in [-0.4, -0.2) is 29.9 Å². The van der Waals surface area contributed by atoms with Crippen LogP contribution in [0.4, 0.5) is 4.79 Å². The first kappa shape index (κ1) is 23.8. The van der Waals surface area contributed by atoms with Gasteiger partial charge in [0.25, 0.3) is 5.91 Å². The van der Waals surface area contributed by atoms with Crippen LogP contribution < -0.4 is 10.1 Å². The fourth-order valence-corrected chi connectivity index (χ4v) is 4.00. The maximum Gasteiger partial charge on any atom is 0.373 e. The molecule has 34 heavy (non-hydrogen) atoms. The molecule has 0 aliphatic carbocycles. The van der Waals surface area contributed by atoms with Crippen molar-refractivity contribution in [2.24, 2.45) is 0 Å². The Morgan fingerprint density at radius 2 is 1.91 bits per heavy atom. The molecule has 3 amide bonds. The molecule has 1 N–H and O–H groups in total. The topological polar surface area (TPSA) is 98.1 Å². The van der Waals surface area contributed by atoms with Gasteiger partial charge in [-0.25, -0.2) is 9.59 Å². The molecule has 2 heterocycles. The second-order valence-corrected chi connectivity index (χ2v) is 8.84. The van der Waals surface area contributed by atoms with Gasteiger partial charge in [0.2, 0.25) is 5.76 Å². The number of carbonyl (C=O) groups excluding carboxylic acids is 3. The highest BCUT2D eigenvalue weighted by Crippen LogP contribution is 2.25. The molecule has 2 aromatic carbocycles. The number of nitrogens with zero attached hydrogens (tertiary/aromatic N) is 1. The van der Waals surface area contributed by atoms with Crippen LogP contribution in [0.15, 0.2) is 64.7 Å². The average Bonchev–Trinajstić information content (AvgIpc) is 3.39. The Hall–Kier alpha value is -3.31. The van der Waals surface area contributed by atoms with E-state index in [4.69, 9.17) is 20.8 Å². The molecule has 1 fully saturated rings. The van der Waals surface area contributed by atoms with Crippen molar-refractivity contribution in [2.75, 3.05) is 7.11 Å². The van der Waals surface area contributed by atoms with Crippen LogP contribution in [0, 0.1) is 3.57 Å². The minimum atomic E-state index is -0.640. The summed E-state index contributed by atoms with van der Waals surface area (Å²) in [6.07, 6.45) is 1.59. The number of urea groups is 1. The number of rotatable bonds is 7. The van der Waals surface area contributed by atoms with Gasteiger partial charge in [-0.05, 0) is 76.2 Å². The van der Waals surface area contributed by atoms with Gasteiger partial charge in [-0.3, -0.25) is 9.69 Å². The first-order chi connectivity index (χ1) is 16.3. The maximum atomic E-state index is 12.8. The molecule has 1 aromatic heterocycles. The molecular formula is C24H18ClIN2O6. The molecule has 0 atom stereocenters. The van der Waals surface area contributed by atoms with Crippen molar-refractivity contribution in [2.45, 2.75) is 13.2 Å². The smallest absolute Gasteiger partial charge is 0.373 e. The molecule has 0 spiro atoms. The molecular weight excluding hydrogens is 575 g/mol. The lowest BCUT2D eigenvalue weighted by molar-refractivity contribution is -0.123. The predicted octanol–water partition coefficient (Wildman–Crippen LogP) is 5.00. The van der Waals surface area contributed by atoms with Crippen molar-refractivity contribution in [3.63, 3.8) is 0 Å². The summed E-state index contributed by atoms with van der Waals surface area (Å²) in [6, 6.07) is 15.2. The van der Waals surface area contributed by atoms with E-state index in [0.717, 1.165) is 19.6 Å². The standard InChI is InChI=1S/C24H18ClIN2O6/c1-32-23(30)21-9-7-17(34-21)12-28-22(29)19(27-24(28)31)11-15-4-8-20(18(26)10-15)33-13-14-2-5-16(25)6-3-14/h2-11H,12-13H2,1H3,(H,27,31)/b19-11-. The van der Waals surface area contributed by atoms with Crippen molar-refractivity contribution in [3.05, 3.63) is 91.5 Å². The fraction of sp³-hybridized carbons (Fsp3) is 0.125. The molecule has 174 valence electrons. The Morgan fingerprint density at radius 3 is 2.62 bits per heavy atom. The highest BCUT2D eigenvalue weighted by Gasteiger charge is 2.34. The number of halogens is 2. The first-order valence-electron chi connectivity index (χ1n) is 10.0. The molecule has 3 aromatic rings. The quantitative estimate of drug-likeness (QED) is 0.180. The Kier molecular flexibility index (Phi) is 7.23. The number of nitrogens with one attached hydrogen (secondary N) is 1. The Morgan fingerprint density at radius 1 is 1.15 bits per heavy atom. The third kappa shape index (κ3) is 5.42. The van der Waals surface area contributed by atoms with Gasteiger partial charge in [0.1, 0.15) is 23.8 Å². The van der Waals surface area contributed by atoms with E-state index in [1.54, 1.807) is 30.3 Å². The Balaban J connectivity index is 1.43. The first-order valence-corrected chi connectivity index (χ1v) is 11.5. The Bertz CT molecular complexity index is 1280. The summed E-state index contributed by atoms with van der Waals surface area (Å²) in [7, 11) is 1.23. The molecule has 0 bridgehead atoms. The minimum absolute atomic E-state index is 0.00624. The number of furan rings is 1. The lowest BCUT2D eigenvalue weighted by Crippen LogP contribution is -2.30. The van der Waals surface area contributed by atoms with E-state index in [-0.39, 0.29) is 23.8 Å². The van der Waals surface area contributed by atoms with Crippen LogP contribution in [0.1, 0.15) is 27.4 Å². The molecule has 10 heteroatoms. The third-order valence-electron chi connectivity index (χ3n) is 4.90. The van der Waals surface area contributed by atoms with E-state index < -0.39 is 17.9 Å². The highest BCUT2D eigenvalue weighted by molar-refractivity contribution is 14.1. The van der Waals surface area contributed by atoms with Crippen molar-refractivity contribution >= 4 is 58.2 Å². The predicted molar refractivity (Wildman–Crippen MR) is 132 cm³/mol. The molecule has 0 saturated carbocycles. The molecule has 0 radical (unpaired) electrons. The van der Waals surface area contributed by atoms with Crippen LogP contribution in [-0.2, 0) is 22.7 Å². The molecule has 1 aliphatic heterocycles. The highest BCUT2D eigenvalue weighted by atomic mass is 127. The van der Waals surface area contributed by atoms with Gasteiger partial charge in [0, 0.05) is 5.02 Å². The summed E-state index contributed by atoms with van der Waals surface area (Å²) in [5, 5.41) is 3.23. The zero-order chi connectivity index (χ0) is 24.2. The summed E-state index contributed by atoms with van der Waals surface area (Å²) in [5.41, 5.74) is 1.84. The van der Waals surface area contributed by atoms with Crippen molar-refractivity contribution in [1.82, 2.24) is 10.2 Å². The number of ether oxygens (including phenoxy) is 2. The van der Waals surface area contributed by atoms with Crippen molar-refractivity contribution in [1.29, 1.82) is 0 Å². The van der Waals surface area contributed by atoms with Gasteiger partial charge in [0.05, 0.1) is 17.2 Å². The third-order valence-corrected chi connectivity index (χ3v) is 5.99. The van der Waals surface area contributed by atoms with Gasteiger partial charge in [-0.15, -0.1) is 0 Å². The molecule has 0 unspecified atom stereocenters. The van der Waals surface area contributed by atoms with Crippen molar-refractivity contribution in [3.8, 4) is 5.75 Å². The number of hydrogen-bond donors (Lipinski definition) is 1. The van der Waals surface area contributed by atoms with Crippen molar-refractivity contribution < 1.29 is 28.3 Å². The normalized spacial score (nSPS) is 14.4. The van der Waals surface area contributed by atoms with E-state index in [9.17, 15) is 14.4 Å². The van der Waals surface area contributed by atoms with Gasteiger partial charge < -0.3 is 19.2 Å². The number of amides is 3. The number of esters is 1. The zero-order valence-electron chi connectivity index (χ0n) is 17.8. The molecule has 4 rings (SSSR count). The van der Waals surface area contributed by atoms with Crippen LogP contribution in [0.25, 0.3) is 6.08 Å². The monoisotopic (exact) mass is 592 g/mol. The largest absolute Gasteiger partial charge is 0.488 e. The second-order valence-electron chi connectivity index (χ2n) is 7.24. The molecule has 8 nitrogen and oxygen atoms in total. The lowest BCUT2D eigenvalue weighted by atomic mass is 10.2. The number of imide groups is 1. The summed E-state index contributed by atoms with van der Waals surface area (Å²) in [4.78, 5) is 37.6. The lowest BCUT2D eigenvalue weighted by Gasteiger charge is -2.10. The summed E-state index contributed by atoms with van der Waals surface area (Å²) in [5.74, 6) is -0.172. The van der Waals surface area contributed by atoms with Gasteiger partial charge in [0.15, 0.2) is 0 Å². The van der Waals surface area contributed by atoms with Gasteiger partial charge in [-0.2, -0.15) is 0 Å². The number of methoxy groups -OCH3 is 1. The van der Waals surface area contributed by atoms with Gasteiger partial charge >= 0.3 is 12.0 Å². The minimum Gasteiger partial charge on any atom is -0.488 e. The van der Waals surface area contributed by atoms with Crippen LogP contribution >= 0.6 is 34.2 Å². The second kappa shape index (κ2) is 10.3. The summed E-state index contributed by atoms with van der Waals surface area (Å²) >= 11 is 8.06. The Labute approximate surface area is 213 Å². The zero-order valence-corrected chi connectivity index (χ0v) is 20.8. The van der Waals surface area contributed by atoms with Crippen LogP contribution in [0.5, 0.6) is 5.75 Å². The fourth-order valence-electron chi connectivity index (χ4n) is 3.18. The summed E-state index contributed by atoms with van der Waals surface area (Å²) in [6.45, 7) is 0.273. The van der Waals surface area contributed by atoms with E-state index in [0.29, 0.717) is 17.4 Å². The summed E-state index contributed by atoms with van der Waals surface area (Å²) < 4.78 is 16.7. The van der Waals surface area contributed by atoms with E-state index in [1.165, 1.54) is 19.2 Å². The van der Waals surface area contributed by atoms with E-state index in [1.807, 2.05) is 18.2 Å². The maximum absolute atomic E-state index is 12.8. The average molecular weight is 593 g/mol. The van der Waals surface area contributed by atoms with Crippen LogP contribution in [0.2, 0.25) is 5.02 Å². The van der Waals surface area contributed by atoms with Crippen LogP contribution in [0.3, 0.4) is 0 Å². The van der Waals surface area contributed by atoms with E-state index in [2.05, 4.69) is 32.6 Å². The number of carbonyl (C=O) groups is 3. The number of hydrogen-bond acceptors (Lipinski definition) is 6. The SMILES string of the molecule is COC(=O)c1ccc(CN2C(=O)N/C(=C\c3ccc(OCc4ccc(Cl)cc4)c(I)c3)C2=O)o1. The number of benzene rings is 2.